The van der Waals surface area contributed by atoms with Crippen molar-refractivity contribution in [2.45, 2.75) is 32.0 Å². The van der Waals surface area contributed by atoms with Crippen LogP contribution in [0, 0.1) is 0 Å². The van der Waals surface area contributed by atoms with Crippen LogP contribution < -0.4 is 5.32 Å². The Kier molecular flexibility index (Phi) is 3.57. The van der Waals surface area contributed by atoms with Gasteiger partial charge in [-0.2, -0.15) is 0 Å². The zero-order valence-electron chi connectivity index (χ0n) is 9.92. The first-order chi connectivity index (χ1) is 8.58. The highest BCUT2D eigenvalue weighted by molar-refractivity contribution is 6.01. The van der Waals surface area contributed by atoms with Crippen molar-refractivity contribution in [2.75, 3.05) is 5.32 Å². The number of ether oxygens (including phenoxy) is 1. The molecule has 6 heteroatoms. The van der Waals surface area contributed by atoms with Crippen molar-refractivity contribution in [2.24, 2.45) is 0 Å². The van der Waals surface area contributed by atoms with Gasteiger partial charge in [-0.05, 0) is 25.8 Å². The second-order valence-corrected chi connectivity index (χ2v) is 4.23. The van der Waals surface area contributed by atoms with Crippen molar-refractivity contribution < 1.29 is 19.4 Å². The third kappa shape index (κ3) is 2.65. The number of hydrogen-bond donors (Lipinski definition) is 2. The minimum absolute atomic E-state index is 0.0180. The van der Waals surface area contributed by atoms with E-state index >= 15 is 0 Å². The number of pyridine rings is 1. The molecule has 0 aromatic carbocycles. The van der Waals surface area contributed by atoms with Crippen LogP contribution in [0.25, 0.3) is 0 Å². The van der Waals surface area contributed by atoms with E-state index in [0.717, 1.165) is 6.42 Å². The van der Waals surface area contributed by atoms with E-state index in [1.807, 2.05) is 6.92 Å². The molecule has 2 heterocycles. The number of carbonyl (C=O) groups is 2. The van der Waals surface area contributed by atoms with Crippen molar-refractivity contribution in [1.82, 2.24) is 4.98 Å². The highest BCUT2D eigenvalue weighted by Gasteiger charge is 2.28. The first kappa shape index (κ1) is 12.5. The van der Waals surface area contributed by atoms with Crippen LogP contribution in [0.2, 0.25) is 0 Å². The summed E-state index contributed by atoms with van der Waals surface area (Å²) in [5, 5.41) is 11.5. The Morgan fingerprint density at radius 1 is 1.50 bits per heavy atom. The molecule has 18 heavy (non-hydrogen) atoms. The molecule has 0 bridgehead atoms. The lowest BCUT2D eigenvalue weighted by atomic mass is 10.2. The van der Waals surface area contributed by atoms with E-state index in [1.165, 1.54) is 18.5 Å². The molecule has 96 valence electrons. The molecule has 2 rings (SSSR count). The summed E-state index contributed by atoms with van der Waals surface area (Å²) in [5.41, 5.74) is 0.211. The van der Waals surface area contributed by atoms with Crippen molar-refractivity contribution in [3.05, 3.63) is 24.0 Å². The molecule has 1 aromatic rings. The van der Waals surface area contributed by atoms with Crippen LogP contribution >= 0.6 is 0 Å². The number of nitrogens with one attached hydrogen (secondary N) is 1. The molecule has 0 radical (unpaired) electrons. The summed E-state index contributed by atoms with van der Waals surface area (Å²) in [6.07, 6.45) is 3.72. The third-order valence-electron chi connectivity index (χ3n) is 2.83. The van der Waals surface area contributed by atoms with E-state index in [9.17, 15) is 9.59 Å². The zero-order chi connectivity index (χ0) is 13.1. The molecule has 1 aliphatic rings. The fraction of sp³-hybridized carbons (Fsp3) is 0.417. The number of aromatic carboxylic acids is 1. The van der Waals surface area contributed by atoms with Crippen LogP contribution in [0.3, 0.4) is 0 Å². The molecular formula is C12H14N2O4. The van der Waals surface area contributed by atoms with Gasteiger partial charge in [-0.25, -0.2) is 4.79 Å². The number of rotatable bonds is 3. The number of carboxylic acids is 1. The Morgan fingerprint density at radius 3 is 2.89 bits per heavy atom. The predicted octanol–water partition coefficient (Wildman–Crippen LogP) is 1.29. The third-order valence-corrected chi connectivity index (χ3v) is 2.83. The molecule has 2 unspecified atom stereocenters. The second kappa shape index (κ2) is 5.14. The largest absolute Gasteiger partial charge is 0.478 e. The number of carboxylic acid groups (broad SMARTS) is 1. The molecule has 0 spiro atoms. The summed E-state index contributed by atoms with van der Waals surface area (Å²) in [5.74, 6) is -1.43. The van der Waals surface area contributed by atoms with E-state index in [4.69, 9.17) is 9.84 Å². The van der Waals surface area contributed by atoms with Gasteiger partial charge in [0.1, 0.15) is 6.10 Å². The number of nitrogens with zero attached hydrogens (tertiary/aromatic N) is 1. The van der Waals surface area contributed by atoms with Gasteiger partial charge >= 0.3 is 5.97 Å². The fourth-order valence-electron chi connectivity index (χ4n) is 1.89. The lowest BCUT2D eigenvalue weighted by molar-refractivity contribution is -0.126. The maximum absolute atomic E-state index is 11.9. The van der Waals surface area contributed by atoms with Crippen LogP contribution in [0.1, 0.15) is 30.1 Å². The first-order valence-electron chi connectivity index (χ1n) is 5.71. The highest BCUT2D eigenvalue weighted by atomic mass is 16.5. The SMILES string of the molecule is CC1CCC(C(=O)Nc2cnccc2C(=O)O)O1. The van der Waals surface area contributed by atoms with Crippen molar-refractivity contribution in [1.29, 1.82) is 0 Å². The molecule has 0 aliphatic carbocycles. The molecule has 6 nitrogen and oxygen atoms in total. The normalized spacial score (nSPS) is 22.7. The standard InChI is InChI=1S/C12H14N2O4/c1-7-2-3-10(18-7)11(15)14-9-6-13-5-4-8(9)12(16)17/h4-7,10H,2-3H2,1H3,(H,14,15)(H,16,17). The zero-order valence-corrected chi connectivity index (χ0v) is 9.92. The summed E-state index contributed by atoms with van der Waals surface area (Å²) < 4.78 is 5.42. The number of anilines is 1. The van der Waals surface area contributed by atoms with E-state index in [2.05, 4.69) is 10.3 Å². The van der Waals surface area contributed by atoms with Gasteiger partial charge in [0.2, 0.25) is 0 Å². The van der Waals surface area contributed by atoms with E-state index in [1.54, 1.807) is 0 Å². The van der Waals surface area contributed by atoms with E-state index in [-0.39, 0.29) is 23.3 Å². The Balaban J connectivity index is 2.09. The van der Waals surface area contributed by atoms with Gasteiger partial charge in [0.05, 0.1) is 23.6 Å². The van der Waals surface area contributed by atoms with Crippen molar-refractivity contribution in [3.63, 3.8) is 0 Å². The summed E-state index contributed by atoms with van der Waals surface area (Å²) in [6, 6.07) is 1.34. The topological polar surface area (TPSA) is 88.5 Å². The van der Waals surface area contributed by atoms with Gasteiger partial charge in [0.15, 0.2) is 0 Å². The molecule has 1 saturated heterocycles. The molecule has 1 aromatic heterocycles. The highest BCUT2D eigenvalue weighted by Crippen LogP contribution is 2.21. The number of aromatic nitrogens is 1. The summed E-state index contributed by atoms with van der Waals surface area (Å²) in [4.78, 5) is 26.6. The molecule has 1 aliphatic heterocycles. The minimum Gasteiger partial charge on any atom is -0.478 e. The molecular weight excluding hydrogens is 236 g/mol. The Labute approximate surface area is 104 Å². The van der Waals surface area contributed by atoms with Gasteiger partial charge in [-0.3, -0.25) is 9.78 Å². The summed E-state index contributed by atoms with van der Waals surface area (Å²) >= 11 is 0. The van der Waals surface area contributed by atoms with Crippen LogP contribution in [0.4, 0.5) is 5.69 Å². The average molecular weight is 250 g/mol. The Bertz CT molecular complexity index is 475. The van der Waals surface area contributed by atoms with Crippen LogP contribution in [0.5, 0.6) is 0 Å². The van der Waals surface area contributed by atoms with Gasteiger partial charge in [0, 0.05) is 6.20 Å². The average Bonchev–Trinajstić information content (AvgIpc) is 2.76. The maximum atomic E-state index is 11.9. The summed E-state index contributed by atoms with van der Waals surface area (Å²) in [6.45, 7) is 1.90. The van der Waals surface area contributed by atoms with E-state index < -0.39 is 12.1 Å². The predicted molar refractivity (Wildman–Crippen MR) is 63.4 cm³/mol. The van der Waals surface area contributed by atoms with Gasteiger partial charge < -0.3 is 15.2 Å². The van der Waals surface area contributed by atoms with Crippen LogP contribution in [-0.4, -0.2) is 34.2 Å². The molecule has 2 N–H and O–H groups in total. The quantitative estimate of drug-likeness (QED) is 0.843. The Morgan fingerprint density at radius 2 is 2.28 bits per heavy atom. The Hall–Kier alpha value is -1.95. The van der Waals surface area contributed by atoms with Crippen LogP contribution in [0.15, 0.2) is 18.5 Å². The van der Waals surface area contributed by atoms with Gasteiger partial charge in [0.25, 0.3) is 5.91 Å². The monoisotopic (exact) mass is 250 g/mol. The van der Waals surface area contributed by atoms with E-state index in [0.29, 0.717) is 6.42 Å². The van der Waals surface area contributed by atoms with Crippen molar-refractivity contribution in [3.8, 4) is 0 Å². The van der Waals surface area contributed by atoms with Gasteiger partial charge in [-0.15, -0.1) is 0 Å². The number of amides is 1. The van der Waals surface area contributed by atoms with Crippen LogP contribution in [-0.2, 0) is 9.53 Å². The summed E-state index contributed by atoms with van der Waals surface area (Å²) in [7, 11) is 0. The molecule has 1 fully saturated rings. The lowest BCUT2D eigenvalue weighted by Crippen LogP contribution is -2.28. The van der Waals surface area contributed by atoms with Crippen molar-refractivity contribution >= 4 is 17.6 Å². The molecule has 1 amide bonds. The smallest absolute Gasteiger partial charge is 0.337 e. The number of carbonyl (C=O) groups excluding carboxylic acids is 1. The lowest BCUT2D eigenvalue weighted by Gasteiger charge is -2.12. The number of hydrogen-bond acceptors (Lipinski definition) is 4. The minimum atomic E-state index is -1.10. The molecule has 2 atom stereocenters. The molecule has 0 saturated carbocycles. The van der Waals surface area contributed by atoms with Gasteiger partial charge in [-0.1, -0.05) is 0 Å². The first-order valence-corrected chi connectivity index (χ1v) is 5.71. The fourth-order valence-corrected chi connectivity index (χ4v) is 1.89. The maximum Gasteiger partial charge on any atom is 0.337 e. The second-order valence-electron chi connectivity index (χ2n) is 4.23.